The molecule has 2 aromatic carbocycles. The van der Waals surface area contributed by atoms with Crippen LogP contribution in [0.5, 0.6) is 5.75 Å². The SMILES string of the molecule is Cc1ccc2c(COc3ccc(C(=O)NC4(CC(=O)NO)CCNCC4)cc3)ccnc2c1.O=C(O)C(F)(F)F.O=C(O)C(F)(F)F. The molecule has 18 heteroatoms. The molecule has 6 N–H and O–H groups in total. The van der Waals surface area contributed by atoms with Crippen molar-refractivity contribution in [2.45, 2.75) is 50.7 Å². The molecule has 3 aromatic rings. The smallest absolute Gasteiger partial charge is 0.489 e. The largest absolute Gasteiger partial charge is 0.490 e. The number of aliphatic carboxylic acids is 2. The van der Waals surface area contributed by atoms with Crippen LogP contribution in [0.4, 0.5) is 26.3 Å². The first-order valence-electron chi connectivity index (χ1n) is 13.5. The molecular formula is C29H30F6N4O8. The average molecular weight is 677 g/mol. The van der Waals surface area contributed by atoms with Crippen LogP contribution >= 0.6 is 0 Å². The lowest BCUT2D eigenvalue weighted by Crippen LogP contribution is -2.56. The van der Waals surface area contributed by atoms with E-state index in [9.17, 15) is 35.9 Å². The van der Waals surface area contributed by atoms with Crippen molar-refractivity contribution in [2.24, 2.45) is 0 Å². The van der Waals surface area contributed by atoms with Crippen LogP contribution in [-0.4, -0.2) is 75.1 Å². The number of ether oxygens (including phenoxy) is 1. The molecule has 47 heavy (non-hydrogen) atoms. The number of halogens is 6. The summed E-state index contributed by atoms with van der Waals surface area (Å²) in [4.78, 5) is 46.9. The zero-order chi connectivity index (χ0) is 35.4. The predicted octanol–water partition coefficient (Wildman–Crippen LogP) is 4.14. The van der Waals surface area contributed by atoms with Gasteiger partial charge in [-0.25, -0.2) is 15.1 Å². The minimum atomic E-state index is -5.08. The van der Waals surface area contributed by atoms with Gasteiger partial charge in [0, 0.05) is 22.7 Å². The highest BCUT2D eigenvalue weighted by Crippen LogP contribution is 2.25. The maximum absolute atomic E-state index is 12.9. The summed E-state index contributed by atoms with van der Waals surface area (Å²) < 4.78 is 69.4. The molecule has 0 unspecified atom stereocenters. The summed E-state index contributed by atoms with van der Waals surface area (Å²) in [6.07, 6.45) is -7.15. The third-order valence-electron chi connectivity index (χ3n) is 6.55. The number of fused-ring (bicyclic) bond motifs is 1. The normalized spacial score (nSPS) is 14.0. The first-order valence-corrected chi connectivity index (χ1v) is 13.5. The number of hydrogen-bond donors (Lipinski definition) is 6. The molecule has 256 valence electrons. The Hall–Kier alpha value is -4.97. The summed E-state index contributed by atoms with van der Waals surface area (Å²) in [6.45, 7) is 3.81. The Morgan fingerprint density at radius 3 is 1.98 bits per heavy atom. The number of carbonyl (C=O) groups is 4. The van der Waals surface area contributed by atoms with E-state index >= 15 is 0 Å². The molecule has 0 aliphatic carbocycles. The van der Waals surface area contributed by atoms with Gasteiger partial charge in [0.15, 0.2) is 0 Å². The van der Waals surface area contributed by atoms with Crippen LogP contribution in [0.1, 0.15) is 40.7 Å². The third-order valence-corrected chi connectivity index (χ3v) is 6.55. The second kappa shape index (κ2) is 16.5. The van der Waals surface area contributed by atoms with E-state index < -0.39 is 35.7 Å². The summed E-state index contributed by atoms with van der Waals surface area (Å²) in [5.41, 5.74) is 4.59. The van der Waals surface area contributed by atoms with Gasteiger partial charge in [-0.15, -0.1) is 0 Å². The number of hydrogen-bond acceptors (Lipinski definition) is 8. The predicted molar refractivity (Wildman–Crippen MR) is 151 cm³/mol. The van der Waals surface area contributed by atoms with Crippen LogP contribution in [0, 0.1) is 6.92 Å². The highest BCUT2D eigenvalue weighted by molar-refractivity contribution is 5.95. The molecule has 0 bridgehead atoms. The van der Waals surface area contributed by atoms with Gasteiger partial charge < -0.3 is 25.6 Å². The van der Waals surface area contributed by atoms with Crippen LogP contribution in [0.25, 0.3) is 10.9 Å². The first kappa shape index (κ1) is 38.2. The van der Waals surface area contributed by atoms with Gasteiger partial charge in [-0.3, -0.25) is 19.8 Å². The van der Waals surface area contributed by atoms with Crippen molar-refractivity contribution >= 4 is 34.7 Å². The number of rotatable bonds is 7. The van der Waals surface area contributed by atoms with Crippen molar-refractivity contribution in [3.8, 4) is 5.75 Å². The lowest BCUT2D eigenvalue weighted by molar-refractivity contribution is -0.193. The number of benzene rings is 2. The molecule has 0 atom stereocenters. The lowest BCUT2D eigenvalue weighted by atomic mass is 9.84. The van der Waals surface area contributed by atoms with Crippen molar-refractivity contribution in [3.63, 3.8) is 0 Å². The van der Waals surface area contributed by atoms with E-state index in [1.54, 1.807) is 35.9 Å². The molecule has 2 amide bonds. The molecule has 12 nitrogen and oxygen atoms in total. The fourth-order valence-corrected chi connectivity index (χ4v) is 4.22. The molecule has 2 heterocycles. The van der Waals surface area contributed by atoms with Gasteiger partial charge in [0.2, 0.25) is 5.91 Å². The Kier molecular flexibility index (Phi) is 13.5. The zero-order valence-corrected chi connectivity index (χ0v) is 24.5. The van der Waals surface area contributed by atoms with E-state index in [4.69, 9.17) is 29.7 Å². The molecule has 1 saturated heterocycles. The van der Waals surface area contributed by atoms with Gasteiger partial charge in [0.25, 0.3) is 5.91 Å². The third kappa shape index (κ3) is 12.4. The zero-order valence-electron chi connectivity index (χ0n) is 24.5. The number of aryl methyl sites for hydroxylation is 1. The Labute approximate surface area is 262 Å². The van der Waals surface area contributed by atoms with Crippen LogP contribution < -0.4 is 20.9 Å². The number of pyridine rings is 1. The first-order chi connectivity index (χ1) is 21.9. The van der Waals surface area contributed by atoms with Gasteiger partial charge in [0.05, 0.1) is 17.5 Å². The maximum atomic E-state index is 12.9. The fourth-order valence-electron chi connectivity index (χ4n) is 4.22. The van der Waals surface area contributed by atoms with E-state index in [2.05, 4.69) is 27.8 Å². The van der Waals surface area contributed by atoms with Gasteiger partial charge >= 0.3 is 24.3 Å². The molecule has 0 saturated carbocycles. The molecule has 0 radical (unpaired) electrons. The standard InChI is InChI=1S/C25H28N4O4.2C2HF3O2/c1-17-2-7-21-19(8-11-27-22(21)14-17)16-33-20-5-3-18(4-6-20)24(31)28-25(15-23(30)29-32)9-12-26-13-10-25;2*3-2(4,5)1(6)7/h2-8,11,14,26,32H,9-10,12-13,15-16H2,1H3,(H,28,31)(H,29,30);2*(H,6,7). The number of carboxylic acid groups (broad SMARTS) is 2. The van der Waals surface area contributed by atoms with Crippen LogP contribution in [0.3, 0.4) is 0 Å². The summed E-state index contributed by atoms with van der Waals surface area (Å²) >= 11 is 0. The molecule has 0 spiro atoms. The number of nitrogens with zero attached hydrogens (tertiary/aromatic N) is 1. The van der Waals surface area contributed by atoms with E-state index in [1.807, 2.05) is 19.1 Å². The van der Waals surface area contributed by atoms with Crippen molar-refractivity contribution < 1.29 is 65.7 Å². The second-order valence-corrected chi connectivity index (χ2v) is 10.1. The van der Waals surface area contributed by atoms with Gasteiger partial charge in [-0.05, 0) is 74.8 Å². The number of carbonyl (C=O) groups excluding carboxylic acids is 2. The highest BCUT2D eigenvalue weighted by Gasteiger charge is 2.39. The quantitative estimate of drug-likeness (QED) is 0.121. The Morgan fingerprint density at radius 1 is 0.915 bits per heavy atom. The number of amides is 2. The Balaban J connectivity index is 0.000000459. The number of aromatic nitrogens is 1. The van der Waals surface area contributed by atoms with Crippen molar-refractivity contribution in [3.05, 3.63) is 71.4 Å². The molecule has 1 aliphatic rings. The second-order valence-electron chi connectivity index (χ2n) is 10.1. The fraction of sp³-hybridized carbons (Fsp3) is 0.345. The minimum absolute atomic E-state index is 0.0253. The topological polar surface area (TPSA) is 187 Å². The lowest BCUT2D eigenvalue weighted by Gasteiger charge is -2.37. The average Bonchev–Trinajstić information content (AvgIpc) is 3.00. The highest BCUT2D eigenvalue weighted by atomic mass is 19.4. The molecule has 1 aromatic heterocycles. The number of hydroxylamine groups is 1. The maximum Gasteiger partial charge on any atom is 0.490 e. The molecule has 1 fully saturated rings. The van der Waals surface area contributed by atoms with Crippen molar-refractivity contribution in [2.75, 3.05) is 13.1 Å². The van der Waals surface area contributed by atoms with E-state index in [0.717, 1.165) is 22.0 Å². The monoisotopic (exact) mass is 676 g/mol. The summed E-state index contributed by atoms with van der Waals surface area (Å²) in [6, 6.07) is 15.0. The number of alkyl halides is 6. The summed E-state index contributed by atoms with van der Waals surface area (Å²) in [5.74, 6) is -5.63. The van der Waals surface area contributed by atoms with E-state index in [0.29, 0.717) is 43.9 Å². The van der Waals surface area contributed by atoms with Crippen LogP contribution in [0.2, 0.25) is 0 Å². The Bertz CT molecular complexity index is 1520. The van der Waals surface area contributed by atoms with Gasteiger partial charge in [-0.2, -0.15) is 26.3 Å². The van der Waals surface area contributed by atoms with E-state index in [1.165, 1.54) is 0 Å². The van der Waals surface area contributed by atoms with Crippen LogP contribution in [-0.2, 0) is 21.0 Å². The number of nitrogens with one attached hydrogen (secondary N) is 3. The van der Waals surface area contributed by atoms with Crippen LogP contribution in [0.15, 0.2) is 54.7 Å². The summed E-state index contributed by atoms with van der Waals surface area (Å²) in [5, 5.41) is 30.5. The number of carboxylic acids is 2. The minimum Gasteiger partial charge on any atom is -0.489 e. The van der Waals surface area contributed by atoms with E-state index in [-0.39, 0.29) is 12.3 Å². The van der Waals surface area contributed by atoms with Gasteiger partial charge in [-0.1, -0.05) is 12.1 Å². The molecule has 4 rings (SSSR count). The molecule has 1 aliphatic heterocycles. The molecular weight excluding hydrogens is 646 g/mol. The number of piperidine rings is 1. The van der Waals surface area contributed by atoms with Crippen molar-refractivity contribution in [1.82, 2.24) is 21.1 Å². The Morgan fingerprint density at radius 2 is 1.47 bits per heavy atom. The van der Waals surface area contributed by atoms with Crippen molar-refractivity contribution in [1.29, 1.82) is 0 Å². The van der Waals surface area contributed by atoms with Gasteiger partial charge in [0.1, 0.15) is 12.4 Å². The summed E-state index contributed by atoms with van der Waals surface area (Å²) in [7, 11) is 0.